The lowest BCUT2D eigenvalue weighted by Gasteiger charge is -2.01. The van der Waals surface area contributed by atoms with Crippen LogP contribution < -0.4 is 10.6 Å². The number of fused-ring (bicyclic) bond motifs is 1. The average Bonchev–Trinajstić information content (AvgIpc) is 2.58. The normalized spacial score (nSPS) is 10.5. The third-order valence-electron chi connectivity index (χ3n) is 1.94. The first-order valence-electron chi connectivity index (χ1n) is 4.26. The summed E-state index contributed by atoms with van der Waals surface area (Å²) in [5.74, 6) is 0. The molecule has 2 rings (SSSR count). The smallest absolute Gasteiger partial charge is 0.136 e. The molecule has 0 amide bonds. The second-order valence-corrected chi connectivity index (χ2v) is 2.85. The first-order valence-corrected chi connectivity index (χ1v) is 4.26. The summed E-state index contributed by atoms with van der Waals surface area (Å²) < 4.78 is 5.36. The fraction of sp³-hybridized carbons (Fsp3) is 0.200. The zero-order valence-corrected chi connectivity index (χ0v) is 7.50. The van der Waals surface area contributed by atoms with Crippen LogP contribution in [0.4, 0.5) is 5.69 Å². The molecule has 68 valence electrons. The van der Waals surface area contributed by atoms with Gasteiger partial charge in [-0.25, -0.2) is 0 Å². The second kappa shape index (κ2) is 3.49. The summed E-state index contributed by atoms with van der Waals surface area (Å²) in [6.45, 7) is 0.740. The number of anilines is 1. The monoisotopic (exact) mass is 176 g/mol. The van der Waals surface area contributed by atoms with Crippen LogP contribution in [0.2, 0.25) is 0 Å². The molecule has 2 N–H and O–H groups in total. The van der Waals surface area contributed by atoms with Gasteiger partial charge in [0, 0.05) is 5.39 Å². The lowest BCUT2D eigenvalue weighted by molar-refractivity contribution is 0.616. The van der Waals surface area contributed by atoms with Crippen LogP contribution in [-0.4, -0.2) is 13.7 Å². The van der Waals surface area contributed by atoms with Crippen molar-refractivity contribution in [1.29, 1.82) is 0 Å². The van der Waals surface area contributed by atoms with E-state index in [1.807, 2.05) is 31.3 Å². The Morgan fingerprint density at radius 1 is 1.31 bits per heavy atom. The molecule has 0 radical (unpaired) electrons. The van der Waals surface area contributed by atoms with Gasteiger partial charge in [0.2, 0.25) is 0 Å². The van der Waals surface area contributed by atoms with E-state index in [0.717, 1.165) is 23.3 Å². The van der Waals surface area contributed by atoms with Gasteiger partial charge in [-0.2, -0.15) is 0 Å². The predicted octanol–water partition coefficient (Wildman–Crippen LogP) is 2.02. The van der Waals surface area contributed by atoms with Crippen LogP contribution in [0, 0.1) is 0 Å². The van der Waals surface area contributed by atoms with E-state index in [-0.39, 0.29) is 0 Å². The number of para-hydroxylation sites is 1. The van der Waals surface area contributed by atoms with Gasteiger partial charge >= 0.3 is 0 Å². The number of furan rings is 1. The fourth-order valence-corrected chi connectivity index (χ4v) is 1.30. The summed E-state index contributed by atoms with van der Waals surface area (Å²) in [6.07, 6.45) is 1.74. The molecule has 0 aliphatic rings. The molecule has 0 bridgehead atoms. The Morgan fingerprint density at radius 2 is 2.15 bits per heavy atom. The van der Waals surface area contributed by atoms with Crippen LogP contribution in [0.1, 0.15) is 0 Å². The molecule has 0 aliphatic heterocycles. The Bertz CT molecular complexity index is 394. The molecule has 13 heavy (non-hydrogen) atoms. The van der Waals surface area contributed by atoms with E-state index in [1.165, 1.54) is 0 Å². The number of nitrogens with one attached hydrogen (secondary N) is 2. The Kier molecular flexibility index (Phi) is 2.19. The molecule has 3 nitrogen and oxygen atoms in total. The Labute approximate surface area is 76.7 Å². The predicted molar refractivity (Wildman–Crippen MR) is 53.8 cm³/mol. The van der Waals surface area contributed by atoms with Gasteiger partial charge < -0.3 is 15.1 Å². The molecule has 0 saturated carbocycles. The molecule has 3 heteroatoms. The topological polar surface area (TPSA) is 37.2 Å². The largest absolute Gasteiger partial charge is 0.462 e. The van der Waals surface area contributed by atoms with Gasteiger partial charge in [-0.3, -0.25) is 0 Å². The SMILES string of the molecule is CNCNc1coc2ccccc12. The fourth-order valence-electron chi connectivity index (χ4n) is 1.30. The van der Waals surface area contributed by atoms with E-state index in [2.05, 4.69) is 10.6 Å². The van der Waals surface area contributed by atoms with Gasteiger partial charge in [0.05, 0.1) is 12.4 Å². The Hall–Kier alpha value is -1.48. The molecule has 0 saturated heterocycles. The van der Waals surface area contributed by atoms with Crippen molar-refractivity contribution in [2.75, 3.05) is 19.0 Å². The molecular weight excluding hydrogens is 164 g/mol. The number of hydrogen-bond donors (Lipinski definition) is 2. The van der Waals surface area contributed by atoms with Crippen LogP contribution in [-0.2, 0) is 0 Å². The molecule has 2 aromatic rings. The summed E-state index contributed by atoms with van der Waals surface area (Å²) in [4.78, 5) is 0. The highest BCUT2D eigenvalue weighted by Gasteiger charge is 2.02. The molecule has 0 aliphatic carbocycles. The number of rotatable bonds is 3. The highest BCUT2D eigenvalue weighted by molar-refractivity contribution is 5.90. The molecule has 0 unspecified atom stereocenters. The quantitative estimate of drug-likeness (QED) is 0.702. The average molecular weight is 176 g/mol. The molecule has 0 fully saturated rings. The minimum atomic E-state index is 0.740. The van der Waals surface area contributed by atoms with Crippen LogP contribution in [0.3, 0.4) is 0 Å². The van der Waals surface area contributed by atoms with Crippen molar-refractivity contribution in [2.24, 2.45) is 0 Å². The zero-order chi connectivity index (χ0) is 9.10. The van der Waals surface area contributed by atoms with Gasteiger partial charge in [0.15, 0.2) is 0 Å². The standard InChI is InChI=1S/C10H12N2O/c1-11-7-12-9-6-13-10-5-3-2-4-8(9)10/h2-6,11-12H,7H2,1H3. The second-order valence-electron chi connectivity index (χ2n) is 2.85. The Morgan fingerprint density at radius 3 is 3.00 bits per heavy atom. The highest BCUT2D eigenvalue weighted by Crippen LogP contribution is 2.24. The minimum absolute atomic E-state index is 0.740. The molecular formula is C10H12N2O. The first kappa shape index (κ1) is 8.13. The summed E-state index contributed by atoms with van der Waals surface area (Å²) in [6, 6.07) is 7.97. The van der Waals surface area contributed by atoms with Gasteiger partial charge in [-0.05, 0) is 19.2 Å². The van der Waals surface area contributed by atoms with E-state index in [0.29, 0.717) is 0 Å². The maximum Gasteiger partial charge on any atom is 0.136 e. The summed E-state index contributed by atoms with van der Waals surface area (Å²) in [5.41, 5.74) is 1.95. The third kappa shape index (κ3) is 1.51. The zero-order valence-electron chi connectivity index (χ0n) is 7.50. The maximum atomic E-state index is 5.36. The van der Waals surface area contributed by atoms with E-state index in [4.69, 9.17) is 4.42 Å². The van der Waals surface area contributed by atoms with Crippen molar-refractivity contribution in [3.05, 3.63) is 30.5 Å². The van der Waals surface area contributed by atoms with Crippen molar-refractivity contribution < 1.29 is 4.42 Å². The van der Waals surface area contributed by atoms with Crippen molar-refractivity contribution in [1.82, 2.24) is 5.32 Å². The summed E-state index contributed by atoms with van der Waals surface area (Å²) >= 11 is 0. The van der Waals surface area contributed by atoms with Crippen LogP contribution in [0.25, 0.3) is 11.0 Å². The third-order valence-corrected chi connectivity index (χ3v) is 1.94. The van der Waals surface area contributed by atoms with Gasteiger partial charge in [0.25, 0.3) is 0 Å². The molecule has 1 aromatic carbocycles. The van der Waals surface area contributed by atoms with E-state index in [1.54, 1.807) is 6.26 Å². The van der Waals surface area contributed by atoms with E-state index < -0.39 is 0 Å². The first-order chi connectivity index (χ1) is 6.42. The summed E-state index contributed by atoms with van der Waals surface area (Å²) in [7, 11) is 1.90. The molecule has 0 spiro atoms. The van der Waals surface area contributed by atoms with Crippen LogP contribution >= 0.6 is 0 Å². The van der Waals surface area contributed by atoms with Crippen molar-refractivity contribution in [3.63, 3.8) is 0 Å². The lowest BCUT2D eigenvalue weighted by Crippen LogP contribution is -2.16. The summed E-state index contributed by atoms with van der Waals surface area (Å²) in [5, 5.41) is 7.35. The maximum absolute atomic E-state index is 5.36. The van der Waals surface area contributed by atoms with E-state index >= 15 is 0 Å². The van der Waals surface area contributed by atoms with Crippen molar-refractivity contribution >= 4 is 16.7 Å². The highest BCUT2D eigenvalue weighted by atomic mass is 16.3. The minimum Gasteiger partial charge on any atom is -0.462 e. The molecule has 0 atom stereocenters. The van der Waals surface area contributed by atoms with Crippen molar-refractivity contribution in [2.45, 2.75) is 0 Å². The molecule has 1 heterocycles. The van der Waals surface area contributed by atoms with Crippen LogP contribution in [0.15, 0.2) is 34.9 Å². The van der Waals surface area contributed by atoms with Gasteiger partial charge in [-0.1, -0.05) is 12.1 Å². The van der Waals surface area contributed by atoms with E-state index in [9.17, 15) is 0 Å². The van der Waals surface area contributed by atoms with Gasteiger partial charge in [0.1, 0.15) is 11.8 Å². The van der Waals surface area contributed by atoms with Crippen molar-refractivity contribution in [3.8, 4) is 0 Å². The van der Waals surface area contributed by atoms with Crippen LogP contribution in [0.5, 0.6) is 0 Å². The number of hydrogen-bond acceptors (Lipinski definition) is 3. The lowest BCUT2D eigenvalue weighted by atomic mass is 10.2. The number of benzene rings is 1. The molecule has 1 aromatic heterocycles. The van der Waals surface area contributed by atoms with Gasteiger partial charge in [-0.15, -0.1) is 0 Å². The Balaban J connectivity index is 2.35.